The SMILES string of the molecule is Cc1ccc(N2C(=O)NC(=O)/C(=C/c3cccc(OCC(=O)Nc4ccc(Cl)cc4)c3)C2=O)cc1Cl. The van der Waals surface area contributed by atoms with E-state index in [1.807, 2.05) is 0 Å². The van der Waals surface area contributed by atoms with Crippen LogP contribution in [0.25, 0.3) is 6.08 Å². The predicted octanol–water partition coefficient (Wildman–Crippen LogP) is 4.99. The zero-order chi connectivity index (χ0) is 25.8. The molecule has 182 valence electrons. The van der Waals surface area contributed by atoms with E-state index in [0.29, 0.717) is 27.0 Å². The molecule has 1 fully saturated rings. The van der Waals surface area contributed by atoms with E-state index in [4.69, 9.17) is 27.9 Å². The van der Waals surface area contributed by atoms with E-state index in [0.717, 1.165) is 10.5 Å². The number of halogens is 2. The van der Waals surface area contributed by atoms with Gasteiger partial charge in [-0.1, -0.05) is 41.4 Å². The maximum atomic E-state index is 13.1. The lowest BCUT2D eigenvalue weighted by atomic mass is 10.1. The summed E-state index contributed by atoms with van der Waals surface area (Å²) in [5.74, 6) is -1.66. The molecule has 10 heteroatoms. The second-order valence-corrected chi connectivity index (χ2v) is 8.65. The van der Waals surface area contributed by atoms with Crippen LogP contribution in [0.15, 0.2) is 72.3 Å². The van der Waals surface area contributed by atoms with Crippen molar-refractivity contribution in [2.45, 2.75) is 6.92 Å². The number of aryl methyl sites for hydroxylation is 1. The van der Waals surface area contributed by atoms with Gasteiger partial charge in [0.1, 0.15) is 11.3 Å². The van der Waals surface area contributed by atoms with Crippen molar-refractivity contribution in [3.63, 3.8) is 0 Å². The van der Waals surface area contributed by atoms with Crippen molar-refractivity contribution in [1.29, 1.82) is 0 Å². The topological polar surface area (TPSA) is 105 Å². The summed E-state index contributed by atoms with van der Waals surface area (Å²) in [7, 11) is 0. The molecule has 0 bridgehead atoms. The molecule has 1 heterocycles. The number of benzene rings is 3. The Hall–Kier alpha value is -4.14. The summed E-state index contributed by atoms with van der Waals surface area (Å²) < 4.78 is 5.55. The lowest BCUT2D eigenvalue weighted by molar-refractivity contribution is -0.122. The number of carbonyl (C=O) groups excluding carboxylic acids is 4. The van der Waals surface area contributed by atoms with Gasteiger partial charge in [-0.05, 0) is 72.7 Å². The van der Waals surface area contributed by atoms with E-state index in [1.165, 1.54) is 12.1 Å². The summed E-state index contributed by atoms with van der Waals surface area (Å²) in [6.07, 6.45) is 1.34. The number of imide groups is 2. The highest BCUT2D eigenvalue weighted by atomic mass is 35.5. The van der Waals surface area contributed by atoms with Crippen LogP contribution in [0.5, 0.6) is 5.75 Å². The molecule has 1 aliphatic heterocycles. The lowest BCUT2D eigenvalue weighted by Crippen LogP contribution is -2.54. The van der Waals surface area contributed by atoms with Gasteiger partial charge in [-0.15, -0.1) is 0 Å². The van der Waals surface area contributed by atoms with Gasteiger partial charge in [-0.2, -0.15) is 0 Å². The minimum Gasteiger partial charge on any atom is -0.484 e. The molecule has 2 N–H and O–H groups in total. The van der Waals surface area contributed by atoms with Gasteiger partial charge in [-0.3, -0.25) is 19.7 Å². The molecule has 1 aliphatic rings. The number of ether oxygens (including phenoxy) is 1. The van der Waals surface area contributed by atoms with E-state index < -0.39 is 17.8 Å². The molecular formula is C26H19Cl2N3O5. The van der Waals surface area contributed by atoms with Gasteiger partial charge in [0, 0.05) is 15.7 Å². The quantitative estimate of drug-likeness (QED) is 0.350. The van der Waals surface area contributed by atoms with Crippen LogP contribution in [-0.2, 0) is 14.4 Å². The third-order valence-corrected chi connectivity index (χ3v) is 5.84. The minimum atomic E-state index is -0.870. The zero-order valence-electron chi connectivity index (χ0n) is 18.9. The van der Waals surface area contributed by atoms with E-state index in [1.54, 1.807) is 67.6 Å². The van der Waals surface area contributed by atoms with Gasteiger partial charge in [-0.25, -0.2) is 9.69 Å². The fourth-order valence-corrected chi connectivity index (χ4v) is 3.65. The van der Waals surface area contributed by atoms with Crippen LogP contribution in [0.4, 0.5) is 16.2 Å². The molecule has 0 unspecified atom stereocenters. The van der Waals surface area contributed by atoms with Crippen molar-refractivity contribution in [2.24, 2.45) is 0 Å². The first kappa shape index (κ1) is 25.0. The fraction of sp³-hybridized carbons (Fsp3) is 0.0769. The Morgan fingerprint density at radius 3 is 2.50 bits per heavy atom. The number of nitrogens with zero attached hydrogens (tertiary/aromatic N) is 1. The van der Waals surface area contributed by atoms with Crippen LogP contribution in [0, 0.1) is 6.92 Å². The largest absolute Gasteiger partial charge is 0.484 e. The number of anilines is 2. The van der Waals surface area contributed by atoms with Crippen LogP contribution in [0.1, 0.15) is 11.1 Å². The summed E-state index contributed by atoms with van der Waals surface area (Å²) in [5.41, 5.74) is 1.79. The molecule has 0 aromatic heterocycles. The number of urea groups is 1. The monoisotopic (exact) mass is 523 g/mol. The Balaban J connectivity index is 1.49. The standard InChI is InChI=1S/C26H19Cl2N3O5/c1-15-5-10-19(13-22(15)28)31-25(34)21(24(33)30-26(31)35)12-16-3-2-4-20(11-16)36-14-23(32)29-18-8-6-17(27)7-9-18/h2-13H,14H2,1H3,(H,29,32)(H,30,33,35)/b21-12-. The molecule has 0 atom stereocenters. The maximum Gasteiger partial charge on any atom is 0.335 e. The third-order valence-electron chi connectivity index (χ3n) is 5.18. The molecule has 5 amide bonds. The van der Waals surface area contributed by atoms with Crippen LogP contribution < -0.4 is 20.3 Å². The third kappa shape index (κ3) is 5.73. The van der Waals surface area contributed by atoms with E-state index in [-0.39, 0.29) is 23.8 Å². The molecule has 4 rings (SSSR count). The average Bonchev–Trinajstić information content (AvgIpc) is 2.84. The first-order chi connectivity index (χ1) is 17.2. The fourth-order valence-electron chi connectivity index (χ4n) is 3.35. The van der Waals surface area contributed by atoms with Crippen molar-refractivity contribution in [3.05, 3.63) is 93.5 Å². The predicted molar refractivity (Wildman–Crippen MR) is 137 cm³/mol. The second kappa shape index (κ2) is 10.6. The Kier molecular flexibility index (Phi) is 7.38. The molecule has 1 saturated heterocycles. The highest BCUT2D eigenvalue weighted by molar-refractivity contribution is 6.39. The Bertz CT molecular complexity index is 1400. The Morgan fingerprint density at radius 2 is 1.78 bits per heavy atom. The summed E-state index contributed by atoms with van der Waals surface area (Å²) in [5, 5.41) is 5.78. The highest BCUT2D eigenvalue weighted by Gasteiger charge is 2.37. The van der Waals surface area contributed by atoms with E-state index >= 15 is 0 Å². The Labute approximate surface area is 216 Å². The van der Waals surface area contributed by atoms with Crippen molar-refractivity contribution in [3.8, 4) is 5.75 Å². The summed E-state index contributed by atoms with van der Waals surface area (Å²) in [4.78, 5) is 51.0. The van der Waals surface area contributed by atoms with Gasteiger partial charge in [0.25, 0.3) is 17.7 Å². The van der Waals surface area contributed by atoms with Crippen LogP contribution >= 0.6 is 23.2 Å². The van der Waals surface area contributed by atoms with Gasteiger partial charge >= 0.3 is 6.03 Å². The smallest absolute Gasteiger partial charge is 0.335 e. The Morgan fingerprint density at radius 1 is 1.03 bits per heavy atom. The number of barbiturate groups is 1. The van der Waals surface area contributed by atoms with E-state index in [2.05, 4.69) is 10.6 Å². The molecule has 8 nitrogen and oxygen atoms in total. The molecule has 0 radical (unpaired) electrons. The van der Waals surface area contributed by atoms with Crippen molar-refractivity contribution in [1.82, 2.24) is 5.32 Å². The van der Waals surface area contributed by atoms with Crippen LogP contribution in [-0.4, -0.2) is 30.4 Å². The first-order valence-corrected chi connectivity index (χ1v) is 11.4. The molecule has 0 aliphatic carbocycles. The second-order valence-electron chi connectivity index (χ2n) is 7.81. The maximum absolute atomic E-state index is 13.1. The number of hydrogen-bond acceptors (Lipinski definition) is 5. The van der Waals surface area contributed by atoms with Crippen molar-refractivity contribution >= 4 is 64.4 Å². The number of rotatable bonds is 6. The molecule has 36 heavy (non-hydrogen) atoms. The molecule has 3 aromatic rings. The van der Waals surface area contributed by atoms with Crippen molar-refractivity contribution < 1.29 is 23.9 Å². The van der Waals surface area contributed by atoms with Gasteiger partial charge < -0.3 is 10.1 Å². The van der Waals surface area contributed by atoms with Gasteiger partial charge in [0.2, 0.25) is 0 Å². The van der Waals surface area contributed by atoms with Crippen LogP contribution in [0.2, 0.25) is 10.0 Å². The highest BCUT2D eigenvalue weighted by Crippen LogP contribution is 2.27. The molecular weight excluding hydrogens is 505 g/mol. The average molecular weight is 524 g/mol. The number of carbonyl (C=O) groups is 4. The normalized spacial score (nSPS) is 14.6. The number of amides is 5. The summed E-state index contributed by atoms with van der Waals surface area (Å²) in [6.45, 7) is 1.52. The van der Waals surface area contributed by atoms with Crippen molar-refractivity contribution in [2.75, 3.05) is 16.8 Å². The summed E-state index contributed by atoms with van der Waals surface area (Å²) >= 11 is 12.0. The van der Waals surface area contributed by atoms with Gasteiger partial charge in [0.05, 0.1) is 5.69 Å². The minimum absolute atomic E-state index is 0.232. The molecule has 0 spiro atoms. The van der Waals surface area contributed by atoms with Gasteiger partial charge in [0.15, 0.2) is 6.61 Å². The first-order valence-electron chi connectivity index (χ1n) is 10.7. The molecule has 0 saturated carbocycles. The van der Waals surface area contributed by atoms with Crippen LogP contribution in [0.3, 0.4) is 0 Å². The lowest BCUT2D eigenvalue weighted by Gasteiger charge is -2.26. The number of hydrogen-bond donors (Lipinski definition) is 2. The molecule has 3 aromatic carbocycles. The summed E-state index contributed by atoms with van der Waals surface area (Å²) in [6, 6.07) is 17.0. The van der Waals surface area contributed by atoms with E-state index in [9.17, 15) is 19.2 Å². The number of nitrogens with one attached hydrogen (secondary N) is 2. The zero-order valence-corrected chi connectivity index (χ0v) is 20.4.